The minimum absolute atomic E-state index is 0.0695. The maximum Gasteiger partial charge on any atom is 0.244 e. The number of rotatable bonds is 7. The Labute approximate surface area is 163 Å². The van der Waals surface area contributed by atoms with Gasteiger partial charge in [0.2, 0.25) is 11.8 Å². The van der Waals surface area contributed by atoms with Crippen molar-refractivity contribution in [2.24, 2.45) is 0 Å². The molecule has 0 saturated heterocycles. The second-order valence-electron chi connectivity index (χ2n) is 6.42. The Morgan fingerprint density at radius 2 is 1.70 bits per heavy atom. The minimum Gasteiger partial charge on any atom is -0.335 e. The molecule has 0 bridgehead atoms. The van der Waals surface area contributed by atoms with Gasteiger partial charge in [-0.3, -0.25) is 14.5 Å². The molecule has 0 aliphatic heterocycles. The van der Waals surface area contributed by atoms with Crippen LogP contribution in [0.25, 0.3) is 0 Å². The molecule has 0 aliphatic rings. The highest BCUT2D eigenvalue weighted by molar-refractivity contribution is 6.33. The summed E-state index contributed by atoms with van der Waals surface area (Å²) in [6.45, 7) is 1.99. The van der Waals surface area contributed by atoms with Crippen LogP contribution in [0, 0.1) is 5.82 Å². The lowest BCUT2D eigenvalue weighted by Crippen LogP contribution is -2.41. The van der Waals surface area contributed by atoms with E-state index in [0.717, 1.165) is 5.56 Å². The van der Waals surface area contributed by atoms with Gasteiger partial charge in [-0.05, 0) is 43.8 Å². The molecule has 0 spiro atoms. The van der Waals surface area contributed by atoms with Gasteiger partial charge in [-0.1, -0.05) is 35.9 Å². The molecule has 1 N–H and O–H groups in total. The van der Waals surface area contributed by atoms with Crippen LogP contribution in [0.5, 0.6) is 0 Å². The Kier molecular flexibility index (Phi) is 7.33. The Hall–Kier alpha value is -2.44. The molecule has 0 fully saturated rings. The second kappa shape index (κ2) is 9.48. The van der Waals surface area contributed by atoms with Crippen LogP contribution in [0.4, 0.5) is 10.1 Å². The molecule has 2 rings (SSSR count). The van der Waals surface area contributed by atoms with E-state index in [1.807, 2.05) is 18.9 Å². The summed E-state index contributed by atoms with van der Waals surface area (Å²) in [4.78, 5) is 27.8. The van der Waals surface area contributed by atoms with Crippen molar-refractivity contribution in [3.63, 3.8) is 0 Å². The van der Waals surface area contributed by atoms with E-state index in [-0.39, 0.29) is 36.8 Å². The maximum atomic E-state index is 13.0. The van der Waals surface area contributed by atoms with Crippen LogP contribution in [-0.4, -0.2) is 48.8 Å². The Morgan fingerprint density at radius 3 is 2.33 bits per heavy atom. The summed E-state index contributed by atoms with van der Waals surface area (Å²) in [7, 11) is 3.38. The van der Waals surface area contributed by atoms with Gasteiger partial charge in [0.05, 0.1) is 23.8 Å². The summed E-state index contributed by atoms with van der Waals surface area (Å²) < 4.78 is 13.0. The predicted octanol–water partition coefficient (Wildman–Crippen LogP) is 3.57. The normalized spacial score (nSPS) is 11.9. The summed E-state index contributed by atoms with van der Waals surface area (Å²) >= 11 is 6.01. The average molecular weight is 392 g/mol. The van der Waals surface area contributed by atoms with E-state index in [4.69, 9.17) is 11.6 Å². The third-order valence-electron chi connectivity index (χ3n) is 4.35. The van der Waals surface area contributed by atoms with E-state index in [1.54, 1.807) is 43.4 Å². The molecule has 27 heavy (non-hydrogen) atoms. The number of halogens is 2. The Balaban J connectivity index is 1.87. The third kappa shape index (κ3) is 6.05. The minimum atomic E-state index is -0.326. The zero-order valence-corrected chi connectivity index (χ0v) is 16.3. The first kappa shape index (κ1) is 20.9. The van der Waals surface area contributed by atoms with E-state index in [0.29, 0.717) is 10.7 Å². The number of nitrogens with one attached hydrogen (secondary N) is 1. The molecule has 2 aromatic carbocycles. The number of carbonyl (C=O) groups excluding carboxylic acids is 2. The molecule has 0 aromatic heterocycles. The Bertz CT molecular complexity index is 798. The van der Waals surface area contributed by atoms with Crippen LogP contribution in [0.1, 0.15) is 18.5 Å². The number of hydrogen-bond donors (Lipinski definition) is 1. The number of likely N-dealkylation sites (N-methyl/N-ethyl adjacent to an activating group) is 2. The van der Waals surface area contributed by atoms with Gasteiger partial charge in [0.25, 0.3) is 0 Å². The van der Waals surface area contributed by atoms with Crippen molar-refractivity contribution in [2.45, 2.75) is 13.0 Å². The average Bonchev–Trinajstić information content (AvgIpc) is 2.63. The highest BCUT2D eigenvalue weighted by atomic mass is 35.5. The summed E-state index contributed by atoms with van der Waals surface area (Å²) in [6, 6.07) is 13.0. The second-order valence-corrected chi connectivity index (χ2v) is 6.83. The van der Waals surface area contributed by atoms with E-state index >= 15 is 0 Å². The zero-order chi connectivity index (χ0) is 20.0. The van der Waals surface area contributed by atoms with Gasteiger partial charge in [-0.2, -0.15) is 0 Å². The highest BCUT2D eigenvalue weighted by Crippen LogP contribution is 2.20. The fourth-order valence-corrected chi connectivity index (χ4v) is 2.71. The van der Waals surface area contributed by atoms with Crippen molar-refractivity contribution >= 4 is 29.1 Å². The van der Waals surface area contributed by atoms with Gasteiger partial charge >= 0.3 is 0 Å². The molecule has 144 valence electrons. The van der Waals surface area contributed by atoms with Crippen molar-refractivity contribution in [3.05, 3.63) is 64.9 Å². The van der Waals surface area contributed by atoms with Crippen LogP contribution in [0.2, 0.25) is 5.02 Å². The molecular weight excluding hydrogens is 369 g/mol. The first-order valence-corrected chi connectivity index (χ1v) is 8.89. The topological polar surface area (TPSA) is 52.7 Å². The number of benzene rings is 2. The predicted molar refractivity (Wildman–Crippen MR) is 105 cm³/mol. The van der Waals surface area contributed by atoms with Gasteiger partial charge in [-0.25, -0.2) is 4.39 Å². The number of anilines is 1. The quantitative estimate of drug-likeness (QED) is 0.785. The molecule has 0 aliphatic carbocycles. The monoisotopic (exact) mass is 391 g/mol. The van der Waals surface area contributed by atoms with Crippen LogP contribution >= 0.6 is 11.6 Å². The zero-order valence-electron chi connectivity index (χ0n) is 15.6. The molecule has 0 heterocycles. The lowest BCUT2D eigenvalue weighted by atomic mass is 10.1. The molecular formula is C20H23ClFN3O2. The number of para-hydroxylation sites is 1. The van der Waals surface area contributed by atoms with Crippen molar-refractivity contribution < 1.29 is 14.0 Å². The Morgan fingerprint density at radius 1 is 1.07 bits per heavy atom. The van der Waals surface area contributed by atoms with Gasteiger partial charge in [0, 0.05) is 13.1 Å². The number of carbonyl (C=O) groups is 2. The van der Waals surface area contributed by atoms with Gasteiger partial charge in [0.1, 0.15) is 5.82 Å². The molecule has 2 amide bonds. The fraction of sp³-hybridized carbons (Fsp3) is 0.300. The smallest absolute Gasteiger partial charge is 0.244 e. The van der Waals surface area contributed by atoms with E-state index in [1.165, 1.54) is 17.0 Å². The summed E-state index contributed by atoms with van der Waals surface area (Å²) in [5.41, 5.74) is 1.41. The summed E-state index contributed by atoms with van der Waals surface area (Å²) in [5.74, 6) is -0.817. The molecule has 2 aromatic rings. The van der Waals surface area contributed by atoms with Crippen LogP contribution in [-0.2, 0) is 9.59 Å². The first-order chi connectivity index (χ1) is 12.8. The molecule has 0 radical (unpaired) electrons. The lowest BCUT2D eigenvalue weighted by Gasteiger charge is -2.27. The largest absolute Gasteiger partial charge is 0.335 e. The number of hydrogen-bond acceptors (Lipinski definition) is 3. The molecule has 7 heteroatoms. The number of amides is 2. The van der Waals surface area contributed by atoms with Gasteiger partial charge < -0.3 is 10.2 Å². The van der Waals surface area contributed by atoms with Crippen LogP contribution in [0.3, 0.4) is 0 Å². The number of nitrogens with zero attached hydrogens (tertiary/aromatic N) is 2. The van der Waals surface area contributed by atoms with Crippen molar-refractivity contribution in [1.82, 2.24) is 9.80 Å². The summed E-state index contributed by atoms with van der Waals surface area (Å²) in [5, 5.41) is 3.13. The van der Waals surface area contributed by atoms with Crippen molar-refractivity contribution in [2.75, 3.05) is 32.5 Å². The van der Waals surface area contributed by atoms with Crippen molar-refractivity contribution in [1.29, 1.82) is 0 Å². The maximum absolute atomic E-state index is 13.0. The molecule has 5 nitrogen and oxygen atoms in total. The van der Waals surface area contributed by atoms with Gasteiger partial charge in [0.15, 0.2) is 0 Å². The lowest BCUT2D eigenvalue weighted by molar-refractivity contribution is -0.134. The SMILES string of the molecule is CC(c1ccc(F)cc1)N(C)CC(=O)N(C)CC(=O)Nc1ccccc1Cl. The summed E-state index contributed by atoms with van der Waals surface area (Å²) in [6.07, 6.45) is 0. The fourth-order valence-electron chi connectivity index (χ4n) is 2.52. The molecule has 1 unspecified atom stereocenters. The molecule has 0 saturated carbocycles. The third-order valence-corrected chi connectivity index (χ3v) is 4.68. The highest BCUT2D eigenvalue weighted by Gasteiger charge is 2.19. The molecule has 1 atom stereocenters. The van der Waals surface area contributed by atoms with E-state index in [9.17, 15) is 14.0 Å². The van der Waals surface area contributed by atoms with E-state index < -0.39 is 0 Å². The van der Waals surface area contributed by atoms with Crippen LogP contribution in [0.15, 0.2) is 48.5 Å². The van der Waals surface area contributed by atoms with Crippen molar-refractivity contribution in [3.8, 4) is 0 Å². The van der Waals surface area contributed by atoms with Gasteiger partial charge in [-0.15, -0.1) is 0 Å². The standard InChI is InChI=1S/C20H23ClFN3O2/c1-14(15-8-10-16(22)11-9-15)24(2)13-20(27)25(3)12-19(26)23-18-7-5-4-6-17(18)21/h4-11,14H,12-13H2,1-3H3,(H,23,26). The van der Waals surface area contributed by atoms with E-state index in [2.05, 4.69) is 5.32 Å². The van der Waals surface area contributed by atoms with Crippen LogP contribution < -0.4 is 5.32 Å². The first-order valence-electron chi connectivity index (χ1n) is 8.52.